The van der Waals surface area contributed by atoms with Crippen molar-refractivity contribution in [1.82, 2.24) is 5.32 Å². The van der Waals surface area contributed by atoms with Gasteiger partial charge < -0.3 is 14.8 Å². The number of thioether (sulfide) groups is 1. The molecule has 0 atom stereocenters. The highest BCUT2D eigenvalue weighted by atomic mass is 32.2. The Balaban J connectivity index is 2.04. The zero-order valence-electron chi connectivity index (χ0n) is 11.7. The van der Waals surface area contributed by atoms with Crippen molar-refractivity contribution in [3.05, 3.63) is 23.2 Å². The Morgan fingerprint density at radius 3 is 2.60 bits per heavy atom. The quantitative estimate of drug-likeness (QED) is 0.843. The first-order valence-corrected chi connectivity index (χ1v) is 7.93. The predicted molar refractivity (Wildman–Crippen MR) is 77.5 cm³/mol. The van der Waals surface area contributed by atoms with Gasteiger partial charge in [-0.05, 0) is 19.1 Å². The van der Waals surface area contributed by atoms with E-state index in [0.29, 0.717) is 18.7 Å². The molecule has 0 radical (unpaired) electrons. The average molecular weight is 297 g/mol. The molecule has 1 amide bonds. The number of aryl methyl sites for hydroxylation is 1. The van der Waals surface area contributed by atoms with Crippen LogP contribution in [0.2, 0.25) is 0 Å². The SMILES string of the molecule is CCc1oc(C(=O)NCC2(SC)CCC2)cc1C(=O)O. The van der Waals surface area contributed by atoms with E-state index < -0.39 is 5.97 Å². The van der Waals surface area contributed by atoms with Crippen LogP contribution < -0.4 is 5.32 Å². The number of amides is 1. The summed E-state index contributed by atoms with van der Waals surface area (Å²) in [6.45, 7) is 2.39. The van der Waals surface area contributed by atoms with Crippen molar-refractivity contribution in [3.8, 4) is 0 Å². The highest BCUT2D eigenvalue weighted by Gasteiger charge is 2.36. The van der Waals surface area contributed by atoms with Crippen LogP contribution >= 0.6 is 11.8 Å². The Kier molecular flexibility index (Phi) is 4.42. The smallest absolute Gasteiger partial charge is 0.339 e. The monoisotopic (exact) mass is 297 g/mol. The van der Waals surface area contributed by atoms with E-state index >= 15 is 0 Å². The van der Waals surface area contributed by atoms with Crippen molar-refractivity contribution in [3.63, 3.8) is 0 Å². The highest BCUT2D eigenvalue weighted by molar-refractivity contribution is 8.00. The van der Waals surface area contributed by atoms with Gasteiger partial charge in [0, 0.05) is 23.8 Å². The number of hydrogen-bond acceptors (Lipinski definition) is 4. The largest absolute Gasteiger partial charge is 0.478 e. The van der Waals surface area contributed by atoms with Gasteiger partial charge in [-0.2, -0.15) is 11.8 Å². The zero-order valence-corrected chi connectivity index (χ0v) is 12.5. The summed E-state index contributed by atoms with van der Waals surface area (Å²) in [6.07, 6.45) is 5.90. The maximum atomic E-state index is 12.0. The predicted octanol–water partition coefficient (Wildman–Crippen LogP) is 2.56. The lowest BCUT2D eigenvalue weighted by molar-refractivity contribution is 0.0694. The molecule has 1 saturated carbocycles. The molecule has 0 bridgehead atoms. The van der Waals surface area contributed by atoms with Crippen LogP contribution in [0.15, 0.2) is 10.5 Å². The van der Waals surface area contributed by atoms with Crippen LogP contribution in [0.4, 0.5) is 0 Å². The molecule has 0 saturated heterocycles. The van der Waals surface area contributed by atoms with Crippen LogP contribution in [0.1, 0.15) is 52.9 Å². The fraction of sp³-hybridized carbons (Fsp3) is 0.571. The second-order valence-electron chi connectivity index (χ2n) is 5.03. The van der Waals surface area contributed by atoms with E-state index in [0.717, 1.165) is 12.8 Å². The first-order valence-electron chi connectivity index (χ1n) is 6.70. The van der Waals surface area contributed by atoms with Crippen molar-refractivity contribution in [2.75, 3.05) is 12.8 Å². The molecule has 1 aromatic heterocycles. The van der Waals surface area contributed by atoms with Gasteiger partial charge in [0.2, 0.25) is 0 Å². The van der Waals surface area contributed by atoms with E-state index in [-0.39, 0.29) is 22.0 Å². The third kappa shape index (κ3) is 2.85. The fourth-order valence-corrected chi connectivity index (χ4v) is 3.25. The minimum Gasteiger partial charge on any atom is -0.478 e. The van der Waals surface area contributed by atoms with Crippen LogP contribution in [0.3, 0.4) is 0 Å². The molecule has 1 heterocycles. The second-order valence-corrected chi connectivity index (χ2v) is 6.30. The molecule has 0 unspecified atom stereocenters. The van der Waals surface area contributed by atoms with Crippen molar-refractivity contribution in [2.24, 2.45) is 0 Å². The number of nitrogens with one attached hydrogen (secondary N) is 1. The normalized spacial score (nSPS) is 16.5. The lowest BCUT2D eigenvalue weighted by Crippen LogP contribution is -2.45. The molecule has 6 heteroatoms. The van der Waals surface area contributed by atoms with E-state index in [4.69, 9.17) is 9.52 Å². The second kappa shape index (κ2) is 5.91. The molecule has 1 fully saturated rings. The van der Waals surface area contributed by atoms with E-state index in [9.17, 15) is 9.59 Å². The van der Waals surface area contributed by atoms with Crippen molar-refractivity contribution in [2.45, 2.75) is 37.4 Å². The Morgan fingerprint density at radius 2 is 2.20 bits per heavy atom. The summed E-state index contributed by atoms with van der Waals surface area (Å²) in [5, 5.41) is 11.9. The lowest BCUT2D eigenvalue weighted by Gasteiger charge is -2.40. The van der Waals surface area contributed by atoms with Gasteiger partial charge in [0.25, 0.3) is 5.91 Å². The molecule has 0 aliphatic heterocycles. The number of carbonyl (C=O) groups is 2. The van der Waals surface area contributed by atoms with Crippen LogP contribution in [0.5, 0.6) is 0 Å². The number of rotatable bonds is 6. The topological polar surface area (TPSA) is 79.5 Å². The van der Waals surface area contributed by atoms with Gasteiger partial charge in [0.15, 0.2) is 5.76 Å². The molecule has 2 N–H and O–H groups in total. The lowest BCUT2D eigenvalue weighted by atomic mass is 9.84. The summed E-state index contributed by atoms with van der Waals surface area (Å²) in [6, 6.07) is 1.31. The molecule has 110 valence electrons. The number of furan rings is 1. The molecule has 1 aliphatic rings. The summed E-state index contributed by atoms with van der Waals surface area (Å²) in [7, 11) is 0. The fourth-order valence-electron chi connectivity index (χ4n) is 2.34. The van der Waals surface area contributed by atoms with Gasteiger partial charge in [-0.25, -0.2) is 4.79 Å². The van der Waals surface area contributed by atoms with Crippen molar-refractivity contribution >= 4 is 23.6 Å². The first kappa shape index (κ1) is 15.0. The van der Waals surface area contributed by atoms with Crippen LogP contribution in [-0.2, 0) is 6.42 Å². The molecular formula is C14H19NO4S. The highest BCUT2D eigenvalue weighted by Crippen LogP contribution is 2.42. The Morgan fingerprint density at radius 1 is 1.50 bits per heavy atom. The van der Waals surface area contributed by atoms with E-state index in [1.807, 2.05) is 0 Å². The Bertz CT molecular complexity index is 514. The summed E-state index contributed by atoms with van der Waals surface area (Å²) in [5.74, 6) is -0.988. The zero-order chi connectivity index (χ0) is 14.8. The van der Waals surface area contributed by atoms with Gasteiger partial charge in [-0.1, -0.05) is 13.3 Å². The van der Waals surface area contributed by atoms with Gasteiger partial charge in [0.05, 0.1) is 0 Å². The number of carboxylic acids is 1. The standard InChI is InChI=1S/C14H19NO4S/c1-3-10-9(13(17)18)7-11(19-10)12(16)15-8-14(20-2)5-4-6-14/h7H,3-6,8H2,1-2H3,(H,15,16)(H,17,18). The molecule has 1 aromatic rings. The third-order valence-electron chi connectivity index (χ3n) is 3.85. The van der Waals surface area contributed by atoms with E-state index in [1.54, 1.807) is 18.7 Å². The minimum absolute atomic E-state index is 0.0703. The molecule has 1 aliphatic carbocycles. The summed E-state index contributed by atoms with van der Waals surface area (Å²) in [5.41, 5.74) is 0.0703. The maximum Gasteiger partial charge on any atom is 0.339 e. The Hall–Kier alpha value is -1.43. The maximum absolute atomic E-state index is 12.0. The summed E-state index contributed by atoms with van der Waals surface area (Å²) in [4.78, 5) is 23.1. The average Bonchev–Trinajstić information content (AvgIpc) is 2.82. The number of carbonyl (C=O) groups excluding carboxylic acids is 1. The molecular weight excluding hydrogens is 278 g/mol. The van der Waals surface area contributed by atoms with Crippen LogP contribution in [0, 0.1) is 0 Å². The molecule has 0 spiro atoms. The molecule has 2 rings (SSSR count). The van der Waals surface area contributed by atoms with Crippen molar-refractivity contribution in [1.29, 1.82) is 0 Å². The number of aromatic carboxylic acids is 1. The number of hydrogen-bond donors (Lipinski definition) is 2. The number of carboxylic acid groups (broad SMARTS) is 1. The third-order valence-corrected chi connectivity index (χ3v) is 5.27. The van der Waals surface area contributed by atoms with Gasteiger partial charge >= 0.3 is 5.97 Å². The van der Waals surface area contributed by atoms with Crippen LogP contribution in [-0.4, -0.2) is 34.5 Å². The Labute approximate surface area is 122 Å². The summed E-state index contributed by atoms with van der Waals surface area (Å²) >= 11 is 1.77. The molecule has 5 nitrogen and oxygen atoms in total. The molecule has 20 heavy (non-hydrogen) atoms. The van der Waals surface area contributed by atoms with Crippen molar-refractivity contribution < 1.29 is 19.1 Å². The molecule has 0 aromatic carbocycles. The van der Waals surface area contributed by atoms with Gasteiger partial charge in [-0.15, -0.1) is 0 Å². The minimum atomic E-state index is -1.07. The van der Waals surface area contributed by atoms with Gasteiger partial charge in [0.1, 0.15) is 11.3 Å². The van der Waals surface area contributed by atoms with E-state index in [1.165, 1.54) is 12.5 Å². The van der Waals surface area contributed by atoms with E-state index in [2.05, 4.69) is 11.6 Å². The van der Waals surface area contributed by atoms with Gasteiger partial charge in [-0.3, -0.25) is 4.79 Å². The first-order chi connectivity index (χ1) is 9.51. The summed E-state index contributed by atoms with van der Waals surface area (Å²) < 4.78 is 5.48. The van der Waals surface area contributed by atoms with Crippen LogP contribution in [0.25, 0.3) is 0 Å².